The van der Waals surface area contributed by atoms with Crippen LogP contribution < -0.4 is 0 Å². The van der Waals surface area contributed by atoms with Crippen molar-refractivity contribution in [2.24, 2.45) is 0 Å². The third-order valence-electron chi connectivity index (χ3n) is 2.04. The summed E-state index contributed by atoms with van der Waals surface area (Å²) in [5.41, 5.74) is -1.26. The average molecular weight is 157 g/mol. The molecule has 0 aliphatic heterocycles. The second kappa shape index (κ2) is 2.90. The SMILES string of the molecule is O=[C]OC1(C(=O)O)CCCC1. The molecule has 0 aromatic rings. The van der Waals surface area contributed by atoms with Gasteiger partial charge >= 0.3 is 12.4 Å². The molecule has 4 nitrogen and oxygen atoms in total. The van der Waals surface area contributed by atoms with E-state index in [-0.39, 0.29) is 0 Å². The van der Waals surface area contributed by atoms with Crippen molar-refractivity contribution >= 4 is 12.4 Å². The Morgan fingerprint density at radius 3 is 2.36 bits per heavy atom. The third-order valence-corrected chi connectivity index (χ3v) is 2.04. The molecule has 1 N–H and O–H groups in total. The molecule has 1 saturated carbocycles. The van der Waals surface area contributed by atoms with E-state index < -0.39 is 11.6 Å². The second-order valence-electron chi connectivity index (χ2n) is 2.69. The molecule has 0 unspecified atom stereocenters. The molecule has 0 atom stereocenters. The number of carbonyl (C=O) groups excluding carboxylic acids is 1. The third kappa shape index (κ3) is 1.34. The van der Waals surface area contributed by atoms with Crippen molar-refractivity contribution in [3.05, 3.63) is 0 Å². The summed E-state index contributed by atoms with van der Waals surface area (Å²) >= 11 is 0. The summed E-state index contributed by atoms with van der Waals surface area (Å²) in [6.45, 7) is 1.20. The van der Waals surface area contributed by atoms with Crippen LogP contribution in [0.5, 0.6) is 0 Å². The summed E-state index contributed by atoms with van der Waals surface area (Å²) in [5.74, 6) is -1.06. The largest absolute Gasteiger partial charge is 0.478 e. The molecule has 0 bridgehead atoms. The Bertz CT molecular complexity index is 169. The van der Waals surface area contributed by atoms with Gasteiger partial charge in [0.1, 0.15) is 0 Å². The van der Waals surface area contributed by atoms with Gasteiger partial charge in [0.25, 0.3) is 0 Å². The minimum absolute atomic E-state index is 0.414. The first-order chi connectivity index (χ1) is 5.21. The van der Waals surface area contributed by atoms with Gasteiger partial charge in [-0.05, 0) is 25.7 Å². The van der Waals surface area contributed by atoms with Gasteiger partial charge in [-0.15, -0.1) is 0 Å². The molecule has 0 aromatic heterocycles. The monoisotopic (exact) mass is 157 g/mol. The summed E-state index contributed by atoms with van der Waals surface area (Å²) in [4.78, 5) is 20.5. The lowest BCUT2D eigenvalue weighted by atomic mass is 10.0. The maximum atomic E-state index is 10.6. The standard InChI is InChI=1S/C7H9O4/c8-5-11-7(6(9)10)3-1-2-4-7/h1-4H2,(H,9,10). The summed E-state index contributed by atoms with van der Waals surface area (Å²) in [5, 5.41) is 8.69. The first-order valence-corrected chi connectivity index (χ1v) is 3.50. The number of carboxylic acids is 1. The molecule has 0 saturated heterocycles. The Labute approximate surface area is 64.2 Å². The Hall–Kier alpha value is -1.06. The lowest BCUT2D eigenvalue weighted by molar-refractivity contribution is -0.156. The van der Waals surface area contributed by atoms with Gasteiger partial charge in [-0.3, -0.25) is 0 Å². The van der Waals surface area contributed by atoms with E-state index in [0.717, 1.165) is 12.8 Å². The van der Waals surface area contributed by atoms with E-state index in [0.29, 0.717) is 12.8 Å². The molecule has 0 spiro atoms. The highest BCUT2D eigenvalue weighted by Gasteiger charge is 2.43. The summed E-state index contributed by atoms with van der Waals surface area (Å²) in [6, 6.07) is 0. The number of carboxylic acid groups (broad SMARTS) is 1. The number of carbonyl (C=O) groups is 1. The molecular formula is C7H9O4. The normalized spacial score (nSPS) is 21.1. The fraction of sp³-hybridized carbons (Fsp3) is 0.714. The first-order valence-electron chi connectivity index (χ1n) is 3.50. The van der Waals surface area contributed by atoms with E-state index in [2.05, 4.69) is 4.74 Å². The van der Waals surface area contributed by atoms with E-state index in [1.807, 2.05) is 0 Å². The Morgan fingerprint density at radius 2 is 2.00 bits per heavy atom. The molecule has 0 heterocycles. The van der Waals surface area contributed by atoms with Crippen molar-refractivity contribution in [1.82, 2.24) is 0 Å². The Kier molecular flexibility index (Phi) is 2.12. The molecule has 1 aliphatic rings. The van der Waals surface area contributed by atoms with Crippen molar-refractivity contribution in [3.63, 3.8) is 0 Å². The zero-order chi connectivity index (χ0) is 8.32. The smallest absolute Gasteiger partial charge is 0.418 e. The minimum Gasteiger partial charge on any atom is -0.478 e. The van der Waals surface area contributed by atoms with Gasteiger partial charge in [-0.2, -0.15) is 0 Å². The molecule has 11 heavy (non-hydrogen) atoms. The van der Waals surface area contributed by atoms with E-state index >= 15 is 0 Å². The molecule has 4 heteroatoms. The van der Waals surface area contributed by atoms with Crippen LogP contribution in [0.4, 0.5) is 0 Å². The average Bonchev–Trinajstić information content (AvgIpc) is 2.38. The number of hydrogen-bond acceptors (Lipinski definition) is 3. The Balaban J connectivity index is 2.69. The topological polar surface area (TPSA) is 63.6 Å². The van der Waals surface area contributed by atoms with Crippen LogP contribution in [-0.2, 0) is 14.3 Å². The van der Waals surface area contributed by atoms with Gasteiger partial charge in [0, 0.05) is 0 Å². The first kappa shape index (κ1) is 8.04. The Morgan fingerprint density at radius 1 is 1.45 bits per heavy atom. The van der Waals surface area contributed by atoms with Crippen LogP contribution in [0.25, 0.3) is 0 Å². The van der Waals surface area contributed by atoms with E-state index in [1.54, 1.807) is 0 Å². The minimum atomic E-state index is -1.26. The highest BCUT2D eigenvalue weighted by atomic mass is 16.6. The van der Waals surface area contributed by atoms with Gasteiger partial charge in [0.2, 0.25) is 5.60 Å². The van der Waals surface area contributed by atoms with Gasteiger partial charge in [0.05, 0.1) is 0 Å². The summed E-state index contributed by atoms with van der Waals surface area (Å²) < 4.78 is 4.45. The molecule has 0 aromatic carbocycles. The number of hydrogen-bond donors (Lipinski definition) is 1. The van der Waals surface area contributed by atoms with Crippen molar-refractivity contribution < 1.29 is 19.4 Å². The molecule has 61 valence electrons. The maximum absolute atomic E-state index is 10.6. The quantitative estimate of drug-likeness (QED) is 0.646. The molecule has 1 aliphatic carbocycles. The van der Waals surface area contributed by atoms with Gasteiger partial charge in [-0.1, -0.05) is 0 Å². The summed E-state index contributed by atoms with van der Waals surface area (Å²) in [7, 11) is 0. The van der Waals surface area contributed by atoms with E-state index in [9.17, 15) is 9.59 Å². The van der Waals surface area contributed by atoms with Gasteiger partial charge < -0.3 is 9.84 Å². The molecule has 1 fully saturated rings. The van der Waals surface area contributed by atoms with Crippen LogP contribution in [0.15, 0.2) is 0 Å². The fourth-order valence-electron chi connectivity index (χ4n) is 1.39. The van der Waals surface area contributed by atoms with Crippen molar-refractivity contribution in [3.8, 4) is 0 Å². The molecular weight excluding hydrogens is 148 g/mol. The number of rotatable bonds is 3. The van der Waals surface area contributed by atoms with E-state index in [4.69, 9.17) is 5.11 Å². The summed E-state index contributed by atoms with van der Waals surface area (Å²) in [6.07, 6.45) is 2.43. The fourth-order valence-corrected chi connectivity index (χ4v) is 1.39. The predicted molar refractivity (Wildman–Crippen MR) is 35.6 cm³/mol. The van der Waals surface area contributed by atoms with Crippen molar-refractivity contribution in [1.29, 1.82) is 0 Å². The molecule has 0 amide bonds. The van der Waals surface area contributed by atoms with E-state index in [1.165, 1.54) is 6.47 Å². The predicted octanol–water partition coefficient (Wildman–Crippen LogP) is 0.468. The van der Waals surface area contributed by atoms with Crippen molar-refractivity contribution in [2.75, 3.05) is 0 Å². The maximum Gasteiger partial charge on any atom is 0.418 e. The van der Waals surface area contributed by atoms with Gasteiger partial charge in [-0.25, -0.2) is 9.59 Å². The lowest BCUT2D eigenvalue weighted by Gasteiger charge is -2.19. The van der Waals surface area contributed by atoms with Gasteiger partial charge in [0.15, 0.2) is 0 Å². The van der Waals surface area contributed by atoms with Crippen LogP contribution in [0.3, 0.4) is 0 Å². The van der Waals surface area contributed by atoms with Crippen LogP contribution in [0.2, 0.25) is 0 Å². The molecule has 1 radical (unpaired) electrons. The van der Waals surface area contributed by atoms with Crippen LogP contribution >= 0.6 is 0 Å². The highest BCUT2D eigenvalue weighted by Crippen LogP contribution is 2.32. The second-order valence-corrected chi connectivity index (χ2v) is 2.69. The van der Waals surface area contributed by atoms with Crippen LogP contribution in [-0.4, -0.2) is 23.1 Å². The highest BCUT2D eigenvalue weighted by molar-refractivity contribution is 5.79. The van der Waals surface area contributed by atoms with Crippen molar-refractivity contribution in [2.45, 2.75) is 31.3 Å². The zero-order valence-electron chi connectivity index (χ0n) is 6.00. The lowest BCUT2D eigenvalue weighted by Crippen LogP contribution is -2.38. The number of aliphatic carboxylic acids is 1. The van der Waals surface area contributed by atoms with Crippen LogP contribution in [0, 0.1) is 0 Å². The number of ether oxygens (including phenoxy) is 1. The zero-order valence-corrected chi connectivity index (χ0v) is 6.00. The molecule has 1 rings (SSSR count). The van der Waals surface area contributed by atoms with Crippen LogP contribution in [0.1, 0.15) is 25.7 Å².